The highest BCUT2D eigenvalue weighted by Gasteiger charge is 2.42. The number of ether oxygens (including phenoxy) is 3. The molecule has 4 aromatic carbocycles. The molecule has 1 aliphatic heterocycles. The Kier molecular flexibility index (Phi) is 8.99. The molecule has 0 saturated carbocycles. The maximum Gasteiger partial charge on any atom is 0.168 e. The summed E-state index contributed by atoms with van der Waals surface area (Å²) in [5.41, 5.74) is 0. The molecular weight excluding hydrogens is 530 g/mol. The molecule has 3 nitrogen and oxygen atoms in total. The van der Waals surface area contributed by atoms with Gasteiger partial charge >= 0.3 is 0 Å². The van der Waals surface area contributed by atoms with Crippen LogP contribution < -0.4 is 21.2 Å². The fraction of sp³-hybridized carbons (Fsp3) is 0.200. The van der Waals surface area contributed by atoms with Gasteiger partial charge in [-0.3, -0.25) is 0 Å². The molecule has 0 spiro atoms. The molecule has 0 aromatic heterocycles. The van der Waals surface area contributed by atoms with Gasteiger partial charge in [-0.2, -0.15) is 0 Å². The van der Waals surface area contributed by atoms with Crippen molar-refractivity contribution in [1.82, 2.24) is 0 Å². The molecule has 1 fully saturated rings. The molecule has 1 saturated heterocycles. The van der Waals surface area contributed by atoms with Gasteiger partial charge in [0.25, 0.3) is 0 Å². The summed E-state index contributed by atoms with van der Waals surface area (Å²) in [6.45, 7) is 1.24. The summed E-state index contributed by atoms with van der Waals surface area (Å²) < 4.78 is 18.7. The van der Waals surface area contributed by atoms with Crippen molar-refractivity contribution in [3.63, 3.8) is 0 Å². The van der Waals surface area contributed by atoms with Crippen LogP contribution in [0.15, 0.2) is 144 Å². The normalized spacial score (nSPS) is 19.6. The topological polar surface area (TPSA) is 27.7 Å². The highest BCUT2D eigenvalue weighted by molar-refractivity contribution is 7.78. The fourth-order valence-electron chi connectivity index (χ4n) is 5.53. The van der Waals surface area contributed by atoms with E-state index in [0.717, 1.165) is 6.42 Å². The third-order valence-corrected chi connectivity index (χ3v) is 12.5. The summed E-state index contributed by atoms with van der Waals surface area (Å²) in [4.78, 5) is 0. The third kappa shape index (κ3) is 5.91. The van der Waals surface area contributed by atoms with Crippen LogP contribution in [0.1, 0.15) is 6.42 Å². The minimum atomic E-state index is -0.799. The Balaban J connectivity index is 1.48. The maximum absolute atomic E-state index is 6.71. The van der Waals surface area contributed by atoms with Crippen molar-refractivity contribution in [3.8, 4) is 0 Å². The molecule has 1 heterocycles. The van der Waals surface area contributed by atoms with Crippen LogP contribution in [-0.2, 0) is 14.2 Å². The van der Waals surface area contributed by atoms with Crippen LogP contribution in [0.25, 0.3) is 0 Å². The Morgan fingerprint density at radius 3 is 1.40 bits per heavy atom. The van der Waals surface area contributed by atoms with E-state index in [1.54, 1.807) is 7.11 Å². The van der Waals surface area contributed by atoms with Gasteiger partial charge in [-0.25, -0.2) is 0 Å². The zero-order chi connectivity index (χ0) is 27.1. The van der Waals surface area contributed by atoms with E-state index in [0.29, 0.717) is 13.2 Å². The van der Waals surface area contributed by atoms with Crippen LogP contribution >= 0.6 is 15.8 Å². The maximum atomic E-state index is 6.71. The van der Waals surface area contributed by atoms with Crippen LogP contribution in [0.3, 0.4) is 0 Å². The molecule has 202 valence electrons. The van der Waals surface area contributed by atoms with Gasteiger partial charge in [-0.05, 0) is 54.1 Å². The average Bonchev–Trinajstić information content (AvgIpc) is 3.44. The predicted octanol–water partition coefficient (Wildman–Crippen LogP) is 6.43. The summed E-state index contributed by atoms with van der Waals surface area (Å²) in [6, 6.07) is 43.7. The largest absolute Gasteiger partial charge is 0.382 e. The summed E-state index contributed by atoms with van der Waals surface area (Å²) in [7, 11) is 0.146. The van der Waals surface area contributed by atoms with Gasteiger partial charge in [0.2, 0.25) is 0 Å². The van der Waals surface area contributed by atoms with Gasteiger partial charge < -0.3 is 14.2 Å². The van der Waals surface area contributed by atoms with Gasteiger partial charge in [0.15, 0.2) is 6.29 Å². The molecule has 5 heteroatoms. The van der Waals surface area contributed by atoms with E-state index in [4.69, 9.17) is 14.2 Å². The first-order valence-corrected chi connectivity index (χ1v) is 16.5. The van der Waals surface area contributed by atoms with Gasteiger partial charge in [0.1, 0.15) is 0 Å². The van der Waals surface area contributed by atoms with Crippen molar-refractivity contribution in [3.05, 3.63) is 144 Å². The zero-order valence-electron chi connectivity index (χ0n) is 22.7. The Hall–Kier alpha value is -2.90. The molecule has 0 N–H and O–H groups in total. The van der Waals surface area contributed by atoms with Gasteiger partial charge in [0, 0.05) is 7.11 Å². The lowest BCUT2D eigenvalue weighted by Crippen LogP contribution is -2.40. The van der Waals surface area contributed by atoms with Crippen LogP contribution in [0.2, 0.25) is 0 Å². The molecule has 2 aliphatic rings. The first-order valence-electron chi connectivity index (χ1n) is 13.8. The number of hydrogen-bond acceptors (Lipinski definition) is 3. The smallest absolute Gasteiger partial charge is 0.168 e. The molecule has 1 unspecified atom stereocenters. The second kappa shape index (κ2) is 13.2. The number of rotatable bonds is 9. The second-order valence-corrected chi connectivity index (χ2v) is 14.4. The molecule has 1 aliphatic carbocycles. The first kappa shape index (κ1) is 27.3. The van der Waals surface area contributed by atoms with Crippen LogP contribution in [0.4, 0.5) is 0 Å². The number of hydrogen-bond donors (Lipinski definition) is 0. The Morgan fingerprint density at radius 1 is 0.625 bits per heavy atom. The molecular formula is C35H34O3P2. The van der Waals surface area contributed by atoms with Crippen LogP contribution in [0, 0.1) is 5.92 Å². The highest BCUT2D eigenvalue weighted by atomic mass is 31.1. The average molecular weight is 565 g/mol. The van der Waals surface area contributed by atoms with E-state index < -0.39 is 15.8 Å². The van der Waals surface area contributed by atoms with E-state index in [1.807, 2.05) is 0 Å². The number of benzene rings is 4. The lowest BCUT2D eigenvalue weighted by Gasteiger charge is -2.39. The van der Waals surface area contributed by atoms with Gasteiger partial charge in [0.05, 0.1) is 25.2 Å². The van der Waals surface area contributed by atoms with Crippen LogP contribution in [-0.4, -0.2) is 32.7 Å². The van der Waals surface area contributed by atoms with E-state index in [9.17, 15) is 0 Å². The standard InChI is InChI=1S/C35H34O3P2/c1-36-26-27-24-25-37-35(38-27)34-32(39(28-14-6-2-7-15-28)29-16-8-3-9-17-29)22-23-33(34)40(30-18-10-4-11-19-30)31-20-12-5-13-21-31/h2-23,27,34-35H,24-26H2,1H3/t27-,35?/m0/s1. The van der Waals surface area contributed by atoms with Gasteiger partial charge in [-0.15, -0.1) is 0 Å². The van der Waals surface area contributed by atoms with Crippen molar-refractivity contribution in [2.45, 2.75) is 18.8 Å². The Morgan fingerprint density at radius 2 is 1.02 bits per heavy atom. The lowest BCUT2D eigenvalue weighted by molar-refractivity contribution is -0.231. The zero-order valence-corrected chi connectivity index (χ0v) is 24.5. The lowest BCUT2D eigenvalue weighted by atomic mass is 10.1. The highest BCUT2D eigenvalue weighted by Crippen LogP contribution is 2.60. The minimum Gasteiger partial charge on any atom is -0.382 e. The molecule has 0 radical (unpaired) electrons. The molecule has 4 aromatic rings. The molecule has 0 amide bonds. The van der Waals surface area contributed by atoms with Crippen LogP contribution in [0.5, 0.6) is 0 Å². The first-order chi connectivity index (χ1) is 19.8. The van der Waals surface area contributed by atoms with Crippen molar-refractivity contribution in [2.75, 3.05) is 20.3 Å². The fourth-order valence-corrected chi connectivity index (χ4v) is 10.8. The van der Waals surface area contributed by atoms with Crippen molar-refractivity contribution in [2.24, 2.45) is 5.92 Å². The Labute approximate surface area is 240 Å². The van der Waals surface area contributed by atoms with Crippen molar-refractivity contribution < 1.29 is 14.2 Å². The number of methoxy groups -OCH3 is 1. The van der Waals surface area contributed by atoms with Crippen molar-refractivity contribution in [1.29, 1.82) is 0 Å². The predicted molar refractivity (Wildman–Crippen MR) is 169 cm³/mol. The molecule has 6 rings (SSSR count). The van der Waals surface area contributed by atoms with E-state index in [2.05, 4.69) is 133 Å². The second-order valence-electron chi connectivity index (χ2n) is 9.92. The van der Waals surface area contributed by atoms with E-state index in [-0.39, 0.29) is 18.3 Å². The van der Waals surface area contributed by atoms with E-state index in [1.165, 1.54) is 31.8 Å². The molecule has 2 atom stereocenters. The summed E-state index contributed by atoms with van der Waals surface area (Å²) in [5, 5.41) is 8.10. The SMILES string of the molecule is COC[C@@H]1CCOC(C2C(P(c3ccccc3)c3ccccc3)=CC=C2P(c2ccccc2)c2ccccc2)O1. The summed E-state index contributed by atoms with van der Waals surface area (Å²) in [6.07, 6.45) is 5.24. The van der Waals surface area contributed by atoms with E-state index >= 15 is 0 Å². The third-order valence-electron chi connectivity index (χ3n) is 7.31. The quantitative estimate of drug-likeness (QED) is 0.220. The summed E-state index contributed by atoms with van der Waals surface area (Å²) in [5.74, 6) is -0.00213. The Bertz CT molecular complexity index is 1240. The monoisotopic (exact) mass is 564 g/mol. The minimum absolute atomic E-state index is 0.00213. The number of allylic oxidation sites excluding steroid dienone is 2. The molecule has 40 heavy (non-hydrogen) atoms. The van der Waals surface area contributed by atoms with Crippen molar-refractivity contribution >= 4 is 37.1 Å². The molecule has 0 bridgehead atoms. The van der Waals surface area contributed by atoms with Gasteiger partial charge in [-0.1, -0.05) is 133 Å². The summed E-state index contributed by atoms with van der Waals surface area (Å²) >= 11 is 0.